The summed E-state index contributed by atoms with van der Waals surface area (Å²) in [5.74, 6) is 0.867. The SMILES string of the molecule is CN(Cc1noc(CN)n1)Cc1cc([N+](=O)[O-])ccc1Cl. The lowest BCUT2D eigenvalue weighted by atomic mass is 10.2. The van der Waals surface area contributed by atoms with Gasteiger partial charge in [-0.2, -0.15) is 4.98 Å². The number of hydrogen-bond donors (Lipinski definition) is 1. The maximum absolute atomic E-state index is 10.8. The Morgan fingerprint density at radius 3 is 2.86 bits per heavy atom. The Balaban J connectivity index is 2.06. The number of benzene rings is 1. The minimum Gasteiger partial charge on any atom is -0.338 e. The molecular formula is C12H14ClN5O3. The van der Waals surface area contributed by atoms with E-state index in [9.17, 15) is 10.1 Å². The minimum atomic E-state index is -0.452. The zero-order chi connectivity index (χ0) is 15.4. The molecule has 0 aliphatic rings. The standard InChI is InChI=1S/C12H14ClN5O3/c1-17(7-11-15-12(5-14)21-16-11)6-8-4-9(18(19)20)2-3-10(8)13/h2-4H,5-7,14H2,1H3. The highest BCUT2D eigenvalue weighted by atomic mass is 35.5. The van der Waals surface area contributed by atoms with E-state index in [1.807, 2.05) is 11.9 Å². The number of aromatic nitrogens is 2. The topological polar surface area (TPSA) is 111 Å². The largest absolute Gasteiger partial charge is 0.338 e. The van der Waals surface area contributed by atoms with Crippen LogP contribution in [0.3, 0.4) is 0 Å². The van der Waals surface area contributed by atoms with Crippen molar-refractivity contribution in [3.63, 3.8) is 0 Å². The average molecular weight is 312 g/mol. The Labute approximate surface area is 125 Å². The van der Waals surface area contributed by atoms with Gasteiger partial charge in [-0.05, 0) is 18.7 Å². The molecule has 1 aromatic heterocycles. The molecule has 2 aromatic rings. The van der Waals surface area contributed by atoms with Gasteiger partial charge in [-0.3, -0.25) is 15.0 Å². The van der Waals surface area contributed by atoms with Crippen molar-refractivity contribution in [1.29, 1.82) is 0 Å². The van der Waals surface area contributed by atoms with Gasteiger partial charge in [0.05, 0.1) is 18.0 Å². The lowest BCUT2D eigenvalue weighted by Crippen LogP contribution is -2.18. The van der Waals surface area contributed by atoms with Gasteiger partial charge in [0.15, 0.2) is 5.82 Å². The number of halogens is 1. The second-order valence-corrected chi connectivity index (χ2v) is 4.92. The maximum atomic E-state index is 10.8. The number of nitro benzene ring substituents is 1. The van der Waals surface area contributed by atoms with Crippen LogP contribution in [0.1, 0.15) is 17.3 Å². The number of hydrogen-bond acceptors (Lipinski definition) is 7. The molecule has 0 bridgehead atoms. The first-order chi connectivity index (χ1) is 9.99. The van der Waals surface area contributed by atoms with E-state index in [1.165, 1.54) is 18.2 Å². The molecule has 0 aliphatic carbocycles. The van der Waals surface area contributed by atoms with E-state index in [0.717, 1.165) is 0 Å². The summed E-state index contributed by atoms with van der Waals surface area (Å²) in [7, 11) is 1.83. The Morgan fingerprint density at radius 1 is 1.48 bits per heavy atom. The first-order valence-corrected chi connectivity index (χ1v) is 6.50. The van der Waals surface area contributed by atoms with Gasteiger partial charge >= 0.3 is 0 Å². The van der Waals surface area contributed by atoms with Gasteiger partial charge in [0.25, 0.3) is 5.69 Å². The Kier molecular flexibility index (Phi) is 4.84. The molecule has 0 radical (unpaired) electrons. The van der Waals surface area contributed by atoms with Crippen LogP contribution in [0.4, 0.5) is 5.69 Å². The molecule has 0 saturated heterocycles. The van der Waals surface area contributed by atoms with Gasteiger partial charge in [0.1, 0.15) is 0 Å². The Morgan fingerprint density at radius 2 is 2.24 bits per heavy atom. The molecule has 2 N–H and O–H groups in total. The molecule has 0 aliphatic heterocycles. The first kappa shape index (κ1) is 15.4. The highest BCUT2D eigenvalue weighted by Crippen LogP contribution is 2.23. The van der Waals surface area contributed by atoms with E-state index in [4.69, 9.17) is 21.9 Å². The molecular weight excluding hydrogens is 298 g/mol. The van der Waals surface area contributed by atoms with E-state index < -0.39 is 4.92 Å². The fourth-order valence-electron chi connectivity index (χ4n) is 1.82. The lowest BCUT2D eigenvalue weighted by molar-refractivity contribution is -0.384. The molecule has 1 heterocycles. The number of nitrogens with zero attached hydrogens (tertiary/aromatic N) is 4. The summed E-state index contributed by atoms with van der Waals surface area (Å²) in [5, 5.41) is 15.0. The molecule has 8 nitrogen and oxygen atoms in total. The summed E-state index contributed by atoms with van der Waals surface area (Å²) in [5.41, 5.74) is 6.06. The van der Waals surface area contributed by atoms with Gasteiger partial charge in [-0.1, -0.05) is 16.8 Å². The molecule has 112 valence electrons. The molecule has 1 aromatic carbocycles. The molecule has 0 atom stereocenters. The van der Waals surface area contributed by atoms with Gasteiger partial charge in [-0.15, -0.1) is 0 Å². The third-order valence-electron chi connectivity index (χ3n) is 2.78. The van der Waals surface area contributed by atoms with E-state index >= 15 is 0 Å². The fourth-order valence-corrected chi connectivity index (χ4v) is 2.00. The zero-order valence-electron chi connectivity index (χ0n) is 11.3. The van der Waals surface area contributed by atoms with Crippen LogP contribution in [0.5, 0.6) is 0 Å². The third-order valence-corrected chi connectivity index (χ3v) is 3.15. The first-order valence-electron chi connectivity index (χ1n) is 6.12. The second-order valence-electron chi connectivity index (χ2n) is 4.51. The smallest absolute Gasteiger partial charge is 0.269 e. The van der Waals surface area contributed by atoms with Gasteiger partial charge in [0, 0.05) is 23.7 Å². The Hall–Kier alpha value is -2.03. The monoisotopic (exact) mass is 311 g/mol. The maximum Gasteiger partial charge on any atom is 0.269 e. The number of non-ortho nitro benzene ring substituents is 1. The number of rotatable bonds is 6. The van der Waals surface area contributed by atoms with Crippen molar-refractivity contribution < 1.29 is 9.45 Å². The normalized spacial score (nSPS) is 11.0. The van der Waals surface area contributed by atoms with Crippen molar-refractivity contribution in [2.45, 2.75) is 19.6 Å². The van der Waals surface area contributed by atoms with Crippen LogP contribution in [0.15, 0.2) is 22.7 Å². The highest BCUT2D eigenvalue weighted by molar-refractivity contribution is 6.31. The molecule has 0 fully saturated rings. The summed E-state index contributed by atoms with van der Waals surface area (Å²) in [6, 6.07) is 4.35. The van der Waals surface area contributed by atoms with Crippen LogP contribution >= 0.6 is 11.6 Å². The average Bonchev–Trinajstić information content (AvgIpc) is 2.88. The van der Waals surface area contributed by atoms with E-state index in [2.05, 4.69) is 10.1 Å². The van der Waals surface area contributed by atoms with Crippen molar-refractivity contribution in [3.8, 4) is 0 Å². The molecule has 9 heteroatoms. The van der Waals surface area contributed by atoms with Gasteiger partial charge in [0.2, 0.25) is 5.89 Å². The molecule has 2 rings (SSSR count). The summed E-state index contributed by atoms with van der Waals surface area (Å²) in [6.45, 7) is 1.03. The predicted octanol–water partition coefficient (Wildman–Crippen LogP) is 1.72. The van der Waals surface area contributed by atoms with Crippen molar-refractivity contribution in [1.82, 2.24) is 15.0 Å². The molecule has 21 heavy (non-hydrogen) atoms. The van der Waals surface area contributed by atoms with Crippen molar-refractivity contribution >= 4 is 17.3 Å². The fraction of sp³-hybridized carbons (Fsp3) is 0.333. The lowest BCUT2D eigenvalue weighted by Gasteiger charge is -2.15. The number of nitrogens with two attached hydrogens (primary N) is 1. The second kappa shape index (κ2) is 6.61. The van der Waals surface area contributed by atoms with Crippen molar-refractivity contribution in [2.75, 3.05) is 7.05 Å². The van der Waals surface area contributed by atoms with Crippen LogP contribution in [0.2, 0.25) is 5.02 Å². The summed E-state index contributed by atoms with van der Waals surface area (Å²) >= 11 is 6.06. The summed E-state index contributed by atoms with van der Waals surface area (Å²) in [4.78, 5) is 16.3. The van der Waals surface area contributed by atoms with Gasteiger partial charge < -0.3 is 10.3 Å². The Bertz CT molecular complexity index is 646. The minimum absolute atomic E-state index is 0.00720. The van der Waals surface area contributed by atoms with Crippen molar-refractivity contribution in [3.05, 3.63) is 50.6 Å². The van der Waals surface area contributed by atoms with Crippen LogP contribution in [0.25, 0.3) is 0 Å². The van der Waals surface area contributed by atoms with Crippen LogP contribution in [-0.2, 0) is 19.6 Å². The van der Waals surface area contributed by atoms with E-state index in [1.54, 1.807) is 0 Å². The summed E-state index contributed by atoms with van der Waals surface area (Å²) < 4.78 is 4.91. The zero-order valence-corrected chi connectivity index (χ0v) is 12.1. The summed E-state index contributed by atoms with van der Waals surface area (Å²) in [6.07, 6.45) is 0. The molecule has 0 spiro atoms. The molecule has 0 unspecified atom stereocenters. The van der Waals surface area contributed by atoms with Crippen LogP contribution in [-0.4, -0.2) is 27.0 Å². The van der Waals surface area contributed by atoms with E-state index in [-0.39, 0.29) is 12.2 Å². The van der Waals surface area contributed by atoms with E-state index in [0.29, 0.717) is 35.4 Å². The predicted molar refractivity (Wildman–Crippen MR) is 75.5 cm³/mol. The third kappa shape index (κ3) is 3.97. The highest BCUT2D eigenvalue weighted by Gasteiger charge is 2.13. The van der Waals surface area contributed by atoms with Crippen LogP contribution < -0.4 is 5.73 Å². The van der Waals surface area contributed by atoms with Crippen LogP contribution in [0, 0.1) is 10.1 Å². The quantitative estimate of drug-likeness (QED) is 0.638. The molecule has 0 saturated carbocycles. The molecule has 0 amide bonds. The van der Waals surface area contributed by atoms with Crippen molar-refractivity contribution in [2.24, 2.45) is 5.73 Å². The number of nitro groups is 1. The van der Waals surface area contributed by atoms with Gasteiger partial charge in [-0.25, -0.2) is 0 Å².